The van der Waals surface area contributed by atoms with Gasteiger partial charge in [-0.25, -0.2) is 4.39 Å². The molecule has 1 saturated heterocycles. The Labute approximate surface area is 175 Å². The van der Waals surface area contributed by atoms with Crippen LogP contribution in [0.4, 0.5) is 4.39 Å². The van der Waals surface area contributed by atoms with E-state index in [-0.39, 0.29) is 11.7 Å². The zero-order chi connectivity index (χ0) is 21.7. The number of rotatable bonds is 7. The number of nitrogens with zero attached hydrogens (tertiary/aromatic N) is 2. The summed E-state index contributed by atoms with van der Waals surface area (Å²) >= 11 is 0. The van der Waals surface area contributed by atoms with E-state index in [1.54, 1.807) is 42.2 Å². The number of benzene rings is 2. The Hall–Kier alpha value is -3.19. The monoisotopic (exact) mass is 411 g/mol. The van der Waals surface area contributed by atoms with Crippen LogP contribution in [0.3, 0.4) is 0 Å². The molecule has 7 heteroatoms. The van der Waals surface area contributed by atoms with Crippen molar-refractivity contribution in [3.8, 4) is 5.75 Å². The fraction of sp³-hybridized carbons (Fsp3) is 0.304. The summed E-state index contributed by atoms with van der Waals surface area (Å²) in [6.07, 6.45) is 0.910. The van der Waals surface area contributed by atoms with Gasteiger partial charge in [0.05, 0.1) is 0 Å². The van der Waals surface area contributed by atoms with Crippen LogP contribution in [0.15, 0.2) is 55.1 Å². The summed E-state index contributed by atoms with van der Waals surface area (Å²) in [5.74, 6) is -0.304. The molecule has 30 heavy (non-hydrogen) atoms. The topological polar surface area (TPSA) is 75.9 Å². The molecule has 1 fully saturated rings. The molecule has 6 nitrogen and oxygen atoms in total. The number of piperazine rings is 1. The second-order valence-corrected chi connectivity index (χ2v) is 7.33. The van der Waals surface area contributed by atoms with Gasteiger partial charge in [0.25, 0.3) is 0 Å². The third-order valence-electron chi connectivity index (χ3n) is 5.27. The number of nitrogens with two attached hydrogens (primary N) is 1. The number of carbonyl (C=O) groups is 2. The molecule has 2 amide bonds. The smallest absolute Gasteiger partial charge is 0.248 e. The maximum absolute atomic E-state index is 14.2. The van der Waals surface area contributed by atoms with Crippen LogP contribution in [0.1, 0.15) is 27.6 Å². The summed E-state index contributed by atoms with van der Waals surface area (Å²) in [5, 5.41) is 0. The standard InChI is InChI=1S/C23H26FN3O3/c1-3-22(28)27-12-10-26(11-13-27)15-21(18-5-4-16(2)20(24)14-18)30-19-8-6-17(7-9-19)23(25)29/h3-9,14,21H,1,10-13,15H2,2H3,(H2,25,29). The molecule has 1 atom stereocenters. The largest absolute Gasteiger partial charge is 0.484 e. The minimum atomic E-state index is -0.509. The molecule has 2 N–H and O–H groups in total. The van der Waals surface area contributed by atoms with E-state index in [1.807, 2.05) is 6.07 Å². The van der Waals surface area contributed by atoms with Crippen molar-refractivity contribution in [3.63, 3.8) is 0 Å². The number of aryl methyl sites for hydroxylation is 1. The number of primary amides is 1. The van der Waals surface area contributed by atoms with Crippen LogP contribution in [-0.2, 0) is 4.79 Å². The van der Waals surface area contributed by atoms with Gasteiger partial charge in [-0.3, -0.25) is 14.5 Å². The van der Waals surface area contributed by atoms with E-state index < -0.39 is 12.0 Å². The van der Waals surface area contributed by atoms with E-state index in [0.29, 0.717) is 49.6 Å². The molecule has 3 rings (SSSR count). The Morgan fingerprint density at radius 2 is 1.83 bits per heavy atom. The van der Waals surface area contributed by atoms with Crippen LogP contribution in [0.2, 0.25) is 0 Å². The maximum Gasteiger partial charge on any atom is 0.248 e. The van der Waals surface area contributed by atoms with Gasteiger partial charge in [0.1, 0.15) is 17.7 Å². The Kier molecular flexibility index (Phi) is 6.84. The number of ether oxygens (including phenoxy) is 1. The minimum absolute atomic E-state index is 0.0717. The SMILES string of the molecule is C=CC(=O)N1CCN(CC(Oc2ccc(C(N)=O)cc2)c2ccc(C)c(F)c2)CC1. The van der Waals surface area contributed by atoms with E-state index in [0.717, 1.165) is 5.56 Å². The Bertz CT molecular complexity index is 922. The average Bonchev–Trinajstić information content (AvgIpc) is 2.75. The fourth-order valence-electron chi connectivity index (χ4n) is 3.40. The molecule has 0 spiro atoms. The van der Waals surface area contributed by atoms with Gasteiger partial charge >= 0.3 is 0 Å². The van der Waals surface area contributed by atoms with Crippen molar-refractivity contribution in [3.05, 3.63) is 77.6 Å². The molecular weight excluding hydrogens is 385 g/mol. The maximum atomic E-state index is 14.2. The van der Waals surface area contributed by atoms with E-state index in [4.69, 9.17) is 10.5 Å². The summed E-state index contributed by atoms with van der Waals surface area (Å²) in [5.41, 5.74) is 6.98. The number of hydrogen-bond donors (Lipinski definition) is 1. The number of amides is 2. The summed E-state index contributed by atoms with van der Waals surface area (Å²) in [6.45, 7) is 8.37. The summed E-state index contributed by atoms with van der Waals surface area (Å²) in [4.78, 5) is 27.0. The molecular formula is C23H26FN3O3. The molecule has 1 heterocycles. The van der Waals surface area contributed by atoms with Crippen molar-refractivity contribution in [2.24, 2.45) is 5.73 Å². The average molecular weight is 411 g/mol. The number of carbonyl (C=O) groups excluding carboxylic acids is 2. The number of hydrogen-bond acceptors (Lipinski definition) is 4. The molecule has 0 aromatic heterocycles. The number of halogens is 1. The predicted octanol–water partition coefficient (Wildman–Crippen LogP) is 2.68. The molecule has 0 radical (unpaired) electrons. The first-order valence-corrected chi connectivity index (χ1v) is 9.83. The van der Waals surface area contributed by atoms with Crippen LogP contribution < -0.4 is 10.5 Å². The van der Waals surface area contributed by atoms with Gasteiger partial charge in [-0.05, 0) is 54.5 Å². The zero-order valence-corrected chi connectivity index (χ0v) is 17.0. The lowest BCUT2D eigenvalue weighted by atomic mass is 10.1. The zero-order valence-electron chi connectivity index (χ0n) is 17.0. The summed E-state index contributed by atoms with van der Waals surface area (Å²) in [6, 6.07) is 11.6. The van der Waals surface area contributed by atoms with Crippen molar-refractivity contribution in [2.45, 2.75) is 13.0 Å². The highest BCUT2D eigenvalue weighted by molar-refractivity contribution is 5.92. The Morgan fingerprint density at radius 3 is 2.40 bits per heavy atom. The summed E-state index contributed by atoms with van der Waals surface area (Å²) in [7, 11) is 0. The predicted molar refractivity (Wildman–Crippen MR) is 113 cm³/mol. The van der Waals surface area contributed by atoms with Crippen LogP contribution in [0.5, 0.6) is 5.75 Å². The van der Waals surface area contributed by atoms with Crippen LogP contribution in [-0.4, -0.2) is 54.3 Å². The van der Waals surface area contributed by atoms with Gasteiger partial charge in [-0.15, -0.1) is 0 Å². The molecule has 0 bridgehead atoms. The van der Waals surface area contributed by atoms with Crippen molar-refractivity contribution >= 4 is 11.8 Å². The van der Waals surface area contributed by atoms with Gasteiger partial charge in [0.15, 0.2) is 0 Å². The van der Waals surface area contributed by atoms with Crippen LogP contribution in [0.25, 0.3) is 0 Å². The minimum Gasteiger partial charge on any atom is -0.484 e. The van der Waals surface area contributed by atoms with E-state index in [9.17, 15) is 14.0 Å². The summed E-state index contributed by atoms with van der Waals surface area (Å²) < 4.78 is 20.4. The van der Waals surface area contributed by atoms with E-state index in [2.05, 4.69) is 11.5 Å². The third-order valence-corrected chi connectivity index (χ3v) is 5.27. The molecule has 2 aromatic carbocycles. The Morgan fingerprint density at radius 1 is 1.17 bits per heavy atom. The van der Waals surface area contributed by atoms with Gasteiger partial charge < -0.3 is 15.4 Å². The highest BCUT2D eigenvalue weighted by Crippen LogP contribution is 2.25. The van der Waals surface area contributed by atoms with Crippen molar-refractivity contribution < 1.29 is 18.7 Å². The second-order valence-electron chi connectivity index (χ2n) is 7.33. The van der Waals surface area contributed by atoms with Crippen LogP contribution >= 0.6 is 0 Å². The first-order valence-electron chi connectivity index (χ1n) is 9.83. The molecule has 1 aliphatic rings. The molecule has 0 aliphatic carbocycles. The van der Waals surface area contributed by atoms with Crippen molar-refractivity contribution in [1.29, 1.82) is 0 Å². The quantitative estimate of drug-likeness (QED) is 0.711. The molecule has 1 unspecified atom stereocenters. The lowest BCUT2D eigenvalue weighted by molar-refractivity contribution is -0.127. The highest BCUT2D eigenvalue weighted by Gasteiger charge is 2.24. The molecule has 0 saturated carbocycles. The third kappa shape index (κ3) is 5.24. The van der Waals surface area contributed by atoms with Gasteiger partial charge in [-0.2, -0.15) is 0 Å². The Balaban J connectivity index is 1.76. The normalized spacial score (nSPS) is 15.5. The fourth-order valence-corrected chi connectivity index (χ4v) is 3.40. The van der Waals surface area contributed by atoms with E-state index >= 15 is 0 Å². The van der Waals surface area contributed by atoms with Gasteiger partial charge in [0.2, 0.25) is 11.8 Å². The lowest BCUT2D eigenvalue weighted by Gasteiger charge is -2.36. The lowest BCUT2D eigenvalue weighted by Crippen LogP contribution is -2.49. The first kappa shape index (κ1) is 21.5. The van der Waals surface area contributed by atoms with Gasteiger partial charge in [0, 0.05) is 38.3 Å². The highest BCUT2D eigenvalue weighted by atomic mass is 19.1. The molecule has 2 aromatic rings. The second kappa shape index (κ2) is 9.54. The van der Waals surface area contributed by atoms with Crippen molar-refractivity contribution in [2.75, 3.05) is 32.7 Å². The molecule has 1 aliphatic heterocycles. The first-order chi connectivity index (χ1) is 14.4. The van der Waals surface area contributed by atoms with E-state index in [1.165, 1.54) is 12.1 Å². The molecule has 158 valence electrons. The van der Waals surface area contributed by atoms with Gasteiger partial charge in [-0.1, -0.05) is 18.7 Å². The van der Waals surface area contributed by atoms with Crippen LogP contribution in [0, 0.1) is 12.7 Å². The van der Waals surface area contributed by atoms with Crippen molar-refractivity contribution in [1.82, 2.24) is 9.80 Å².